The van der Waals surface area contributed by atoms with E-state index < -0.39 is 0 Å². The summed E-state index contributed by atoms with van der Waals surface area (Å²) >= 11 is 1.78. The van der Waals surface area contributed by atoms with Crippen molar-refractivity contribution in [2.45, 2.75) is 38.8 Å². The largest absolute Gasteiger partial charge is 0.387 e. The van der Waals surface area contributed by atoms with E-state index in [-0.39, 0.29) is 12.1 Å². The summed E-state index contributed by atoms with van der Waals surface area (Å²) in [7, 11) is 0. The Kier molecular flexibility index (Phi) is 4.36. The average Bonchev–Trinajstić information content (AvgIpc) is 2.77. The predicted molar refractivity (Wildman–Crippen MR) is 78.6 cm³/mol. The quantitative estimate of drug-likeness (QED) is 0.874. The Labute approximate surface area is 112 Å². The van der Waals surface area contributed by atoms with Gasteiger partial charge in [0.1, 0.15) is 11.7 Å². The Balaban J connectivity index is 1.93. The third-order valence-corrected chi connectivity index (χ3v) is 4.01. The molecule has 1 aromatic heterocycles. The highest BCUT2D eigenvalue weighted by Gasteiger charge is 2.17. The van der Waals surface area contributed by atoms with Gasteiger partial charge in [0.15, 0.2) is 0 Å². The summed E-state index contributed by atoms with van der Waals surface area (Å²) in [5, 5.41) is 5.50. The number of nitrogens with two attached hydrogens (primary N) is 1. The standard InChI is InChI=1S/C13H20N4S/c1-9-10(2)17-13(8-12(14)16-9)15-6-5-11-4-3-7-18-11/h3-4,7,9-10H,5-6,8H2,1-2H3,(H2,14,16)(H,15,17). The summed E-state index contributed by atoms with van der Waals surface area (Å²) in [5.74, 6) is 1.64. The number of aliphatic imine (C=N–C) groups is 2. The highest BCUT2D eigenvalue weighted by Crippen LogP contribution is 2.09. The molecule has 4 nitrogen and oxygen atoms in total. The summed E-state index contributed by atoms with van der Waals surface area (Å²) in [6, 6.07) is 4.71. The van der Waals surface area contributed by atoms with Crippen LogP contribution < -0.4 is 11.1 Å². The molecule has 0 bridgehead atoms. The second kappa shape index (κ2) is 6.00. The number of nitrogens with zero attached hydrogens (tertiary/aromatic N) is 2. The molecular formula is C13H20N4S. The van der Waals surface area contributed by atoms with Crippen molar-refractivity contribution in [2.75, 3.05) is 6.54 Å². The summed E-state index contributed by atoms with van der Waals surface area (Å²) < 4.78 is 0. The van der Waals surface area contributed by atoms with E-state index in [0.29, 0.717) is 12.3 Å². The first-order valence-corrected chi connectivity index (χ1v) is 7.17. The Hall–Kier alpha value is -1.36. The molecule has 18 heavy (non-hydrogen) atoms. The molecule has 2 atom stereocenters. The van der Waals surface area contributed by atoms with Crippen LogP contribution in [0.4, 0.5) is 0 Å². The summed E-state index contributed by atoms with van der Waals surface area (Å²) in [6.45, 7) is 4.98. The van der Waals surface area contributed by atoms with Crippen LogP contribution in [0.1, 0.15) is 25.1 Å². The first-order valence-electron chi connectivity index (χ1n) is 6.29. The van der Waals surface area contributed by atoms with E-state index in [1.807, 2.05) is 0 Å². The Morgan fingerprint density at radius 2 is 2.39 bits per heavy atom. The maximum absolute atomic E-state index is 5.88. The number of amidine groups is 2. The van der Waals surface area contributed by atoms with Gasteiger partial charge in [-0.1, -0.05) is 6.07 Å². The lowest BCUT2D eigenvalue weighted by Gasteiger charge is -2.16. The van der Waals surface area contributed by atoms with Crippen molar-refractivity contribution < 1.29 is 0 Å². The van der Waals surface area contributed by atoms with Crippen LogP contribution in [0.2, 0.25) is 0 Å². The van der Waals surface area contributed by atoms with Crippen LogP contribution >= 0.6 is 11.3 Å². The third kappa shape index (κ3) is 3.57. The Bertz CT molecular complexity index is 436. The van der Waals surface area contributed by atoms with E-state index in [0.717, 1.165) is 18.8 Å². The van der Waals surface area contributed by atoms with Gasteiger partial charge in [-0.15, -0.1) is 11.3 Å². The van der Waals surface area contributed by atoms with Crippen LogP contribution in [0.5, 0.6) is 0 Å². The van der Waals surface area contributed by atoms with Gasteiger partial charge < -0.3 is 11.1 Å². The van der Waals surface area contributed by atoms with E-state index in [2.05, 4.69) is 46.7 Å². The van der Waals surface area contributed by atoms with Gasteiger partial charge in [-0.05, 0) is 25.3 Å². The minimum Gasteiger partial charge on any atom is -0.387 e. The summed E-state index contributed by atoms with van der Waals surface area (Å²) in [4.78, 5) is 10.4. The van der Waals surface area contributed by atoms with Gasteiger partial charge in [0, 0.05) is 23.9 Å². The van der Waals surface area contributed by atoms with Crippen molar-refractivity contribution in [1.29, 1.82) is 0 Å². The zero-order chi connectivity index (χ0) is 13.0. The zero-order valence-corrected chi connectivity index (χ0v) is 11.7. The Morgan fingerprint density at radius 3 is 3.11 bits per heavy atom. The molecule has 0 fully saturated rings. The summed E-state index contributed by atoms with van der Waals surface area (Å²) in [6.07, 6.45) is 1.63. The maximum Gasteiger partial charge on any atom is 0.104 e. The fourth-order valence-electron chi connectivity index (χ4n) is 1.88. The van der Waals surface area contributed by atoms with E-state index in [1.54, 1.807) is 11.3 Å². The third-order valence-electron chi connectivity index (χ3n) is 3.08. The number of thiophene rings is 1. The SMILES string of the molecule is CC1N=C(N)CC(=NCCc2cccs2)NC1C. The first kappa shape index (κ1) is 13.1. The lowest BCUT2D eigenvalue weighted by molar-refractivity contribution is 0.559. The second-order valence-corrected chi connectivity index (χ2v) is 5.66. The van der Waals surface area contributed by atoms with E-state index in [4.69, 9.17) is 5.73 Å². The Morgan fingerprint density at radius 1 is 1.56 bits per heavy atom. The van der Waals surface area contributed by atoms with E-state index >= 15 is 0 Å². The van der Waals surface area contributed by atoms with Crippen molar-refractivity contribution in [3.63, 3.8) is 0 Å². The van der Waals surface area contributed by atoms with Gasteiger partial charge >= 0.3 is 0 Å². The van der Waals surface area contributed by atoms with Gasteiger partial charge in [0.05, 0.1) is 12.5 Å². The minimum atomic E-state index is 0.204. The van der Waals surface area contributed by atoms with Crippen LogP contribution in [-0.2, 0) is 6.42 Å². The van der Waals surface area contributed by atoms with Gasteiger partial charge in [0.2, 0.25) is 0 Å². The van der Waals surface area contributed by atoms with Gasteiger partial charge in [-0.2, -0.15) is 0 Å². The monoisotopic (exact) mass is 264 g/mol. The molecule has 0 radical (unpaired) electrons. The smallest absolute Gasteiger partial charge is 0.104 e. The topological polar surface area (TPSA) is 62.8 Å². The molecule has 0 spiro atoms. The lowest BCUT2D eigenvalue weighted by atomic mass is 10.2. The molecule has 5 heteroatoms. The van der Waals surface area contributed by atoms with Crippen molar-refractivity contribution in [3.05, 3.63) is 22.4 Å². The van der Waals surface area contributed by atoms with E-state index in [9.17, 15) is 0 Å². The number of rotatable bonds is 3. The minimum absolute atomic E-state index is 0.204. The molecule has 0 aliphatic carbocycles. The fraction of sp³-hybridized carbons (Fsp3) is 0.538. The molecule has 0 amide bonds. The molecule has 0 saturated heterocycles. The van der Waals surface area contributed by atoms with Crippen molar-refractivity contribution in [2.24, 2.45) is 15.7 Å². The number of hydrogen-bond donors (Lipinski definition) is 2. The number of nitrogens with one attached hydrogen (secondary N) is 1. The maximum atomic E-state index is 5.88. The molecule has 3 N–H and O–H groups in total. The molecular weight excluding hydrogens is 244 g/mol. The average molecular weight is 264 g/mol. The molecule has 1 aliphatic heterocycles. The number of hydrogen-bond acceptors (Lipinski definition) is 4. The van der Waals surface area contributed by atoms with E-state index in [1.165, 1.54) is 4.88 Å². The molecule has 1 aliphatic rings. The second-order valence-electron chi connectivity index (χ2n) is 4.63. The normalized spacial score (nSPS) is 26.6. The summed E-state index contributed by atoms with van der Waals surface area (Å²) in [5.41, 5.74) is 5.88. The van der Waals surface area contributed by atoms with Crippen LogP contribution in [0.15, 0.2) is 27.5 Å². The van der Waals surface area contributed by atoms with Gasteiger partial charge in [-0.25, -0.2) is 0 Å². The predicted octanol–water partition coefficient (Wildman–Crippen LogP) is 1.82. The molecule has 2 rings (SSSR count). The van der Waals surface area contributed by atoms with Crippen LogP contribution in [0, 0.1) is 0 Å². The molecule has 0 saturated carbocycles. The first-order chi connectivity index (χ1) is 8.65. The molecule has 2 unspecified atom stereocenters. The van der Waals surface area contributed by atoms with Crippen LogP contribution in [0.3, 0.4) is 0 Å². The van der Waals surface area contributed by atoms with Crippen molar-refractivity contribution >= 4 is 23.0 Å². The van der Waals surface area contributed by atoms with Gasteiger partial charge in [-0.3, -0.25) is 9.98 Å². The van der Waals surface area contributed by atoms with Crippen LogP contribution in [-0.4, -0.2) is 30.3 Å². The molecule has 2 heterocycles. The molecule has 98 valence electrons. The highest BCUT2D eigenvalue weighted by atomic mass is 32.1. The highest BCUT2D eigenvalue weighted by molar-refractivity contribution is 7.09. The van der Waals surface area contributed by atoms with Crippen molar-refractivity contribution in [1.82, 2.24) is 5.32 Å². The molecule has 1 aromatic rings. The fourth-order valence-corrected chi connectivity index (χ4v) is 2.58. The lowest BCUT2D eigenvalue weighted by Crippen LogP contribution is -2.37. The van der Waals surface area contributed by atoms with Gasteiger partial charge in [0.25, 0.3) is 0 Å². The zero-order valence-electron chi connectivity index (χ0n) is 10.9. The van der Waals surface area contributed by atoms with Crippen LogP contribution in [0.25, 0.3) is 0 Å². The molecule has 0 aromatic carbocycles. The van der Waals surface area contributed by atoms with Crippen molar-refractivity contribution in [3.8, 4) is 0 Å².